The molecule has 0 saturated carbocycles. The number of aliphatic hydroxyl groups is 1. The van der Waals surface area contributed by atoms with Gasteiger partial charge in [0.05, 0.1) is 17.3 Å². The van der Waals surface area contributed by atoms with Crippen molar-refractivity contribution in [1.29, 1.82) is 0 Å². The minimum absolute atomic E-state index is 0.0919. The first-order valence-corrected chi connectivity index (χ1v) is 7.04. The highest BCUT2D eigenvalue weighted by Gasteiger charge is 2.15. The number of aliphatic hydroxyl groups excluding tert-OH is 1. The van der Waals surface area contributed by atoms with E-state index in [0.29, 0.717) is 18.1 Å². The Morgan fingerprint density at radius 2 is 2.15 bits per heavy atom. The van der Waals surface area contributed by atoms with Gasteiger partial charge >= 0.3 is 6.03 Å². The van der Waals surface area contributed by atoms with E-state index in [1.165, 1.54) is 0 Å². The number of pyridine rings is 1. The van der Waals surface area contributed by atoms with Crippen molar-refractivity contribution in [2.75, 3.05) is 13.2 Å². The summed E-state index contributed by atoms with van der Waals surface area (Å²) in [5.41, 5.74) is 0.664. The SMILES string of the molecule is CC(C)(CO)CCCNC(=O)NCc1ccc(Cl)cn1. The topological polar surface area (TPSA) is 74.2 Å². The minimum atomic E-state index is -0.219. The molecule has 3 N–H and O–H groups in total. The summed E-state index contributed by atoms with van der Waals surface area (Å²) in [5, 5.41) is 15.2. The largest absolute Gasteiger partial charge is 0.396 e. The Labute approximate surface area is 124 Å². The molecule has 1 aromatic rings. The van der Waals surface area contributed by atoms with Crippen LogP contribution in [0.2, 0.25) is 5.02 Å². The van der Waals surface area contributed by atoms with Crippen LogP contribution in [0.3, 0.4) is 0 Å². The molecule has 0 aliphatic carbocycles. The van der Waals surface area contributed by atoms with E-state index in [2.05, 4.69) is 15.6 Å². The number of nitrogens with zero attached hydrogens (tertiary/aromatic N) is 1. The molecule has 0 unspecified atom stereocenters. The normalized spacial score (nSPS) is 11.2. The van der Waals surface area contributed by atoms with E-state index in [1.54, 1.807) is 18.3 Å². The van der Waals surface area contributed by atoms with Crippen LogP contribution in [0.1, 0.15) is 32.4 Å². The molecule has 0 bridgehead atoms. The Kier molecular flexibility index (Phi) is 6.75. The van der Waals surface area contributed by atoms with Gasteiger partial charge in [0.25, 0.3) is 0 Å². The highest BCUT2D eigenvalue weighted by molar-refractivity contribution is 6.30. The van der Waals surface area contributed by atoms with Gasteiger partial charge in [0.1, 0.15) is 0 Å². The first kappa shape index (κ1) is 16.7. The van der Waals surface area contributed by atoms with Gasteiger partial charge < -0.3 is 15.7 Å². The Balaban J connectivity index is 2.16. The van der Waals surface area contributed by atoms with Crippen molar-refractivity contribution in [3.63, 3.8) is 0 Å². The number of hydrogen-bond donors (Lipinski definition) is 3. The number of rotatable bonds is 7. The Morgan fingerprint density at radius 1 is 1.40 bits per heavy atom. The second-order valence-corrected chi connectivity index (χ2v) is 5.94. The number of aromatic nitrogens is 1. The van der Waals surface area contributed by atoms with Crippen LogP contribution in [0, 0.1) is 5.41 Å². The molecule has 0 fully saturated rings. The van der Waals surface area contributed by atoms with Gasteiger partial charge in [0.15, 0.2) is 0 Å². The van der Waals surface area contributed by atoms with Crippen molar-refractivity contribution >= 4 is 17.6 Å². The van der Waals surface area contributed by atoms with Gasteiger partial charge in [-0.1, -0.05) is 25.4 Å². The molecule has 1 aromatic heterocycles. The van der Waals surface area contributed by atoms with E-state index >= 15 is 0 Å². The lowest BCUT2D eigenvalue weighted by atomic mass is 9.89. The summed E-state index contributed by atoms with van der Waals surface area (Å²) in [4.78, 5) is 15.6. The second-order valence-electron chi connectivity index (χ2n) is 5.50. The molecule has 0 atom stereocenters. The molecule has 1 heterocycles. The fourth-order valence-corrected chi connectivity index (χ4v) is 1.70. The first-order chi connectivity index (χ1) is 9.43. The number of nitrogens with one attached hydrogen (secondary N) is 2. The minimum Gasteiger partial charge on any atom is -0.396 e. The summed E-state index contributed by atoms with van der Waals surface area (Å²) in [5.74, 6) is 0. The van der Waals surface area contributed by atoms with Crippen LogP contribution in [-0.4, -0.2) is 29.3 Å². The Hall–Kier alpha value is -1.33. The molecule has 0 aliphatic heterocycles. The molecule has 0 aliphatic rings. The third kappa shape index (κ3) is 6.73. The summed E-state index contributed by atoms with van der Waals surface area (Å²) in [6, 6.07) is 3.29. The quantitative estimate of drug-likeness (QED) is 0.677. The van der Waals surface area contributed by atoms with Crippen LogP contribution in [-0.2, 0) is 6.54 Å². The highest BCUT2D eigenvalue weighted by atomic mass is 35.5. The van der Waals surface area contributed by atoms with Gasteiger partial charge in [0.2, 0.25) is 0 Å². The maximum absolute atomic E-state index is 11.6. The lowest BCUT2D eigenvalue weighted by molar-refractivity contribution is 0.148. The average molecular weight is 300 g/mol. The molecule has 5 nitrogen and oxygen atoms in total. The van der Waals surface area contributed by atoms with Gasteiger partial charge in [-0.25, -0.2) is 4.79 Å². The monoisotopic (exact) mass is 299 g/mol. The predicted molar refractivity (Wildman–Crippen MR) is 79.6 cm³/mol. The van der Waals surface area contributed by atoms with Crippen LogP contribution < -0.4 is 10.6 Å². The smallest absolute Gasteiger partial charge is 0.315 e. The number of carbonyl (C=O) groups excluding carboxylic acids is 1. The lowest BCUT2D eigenvalue weighted by Crippen LogP contribution is -2.36. The standard InChI is InChI=1S/C14H22ClN3O2/c1-14(2,10-19)6-3-7-16-13(20)18-9-12-5-4-11(15)8-17-12/h4-5,8,19H,3,6-7,9-10H2,1-2H3,(H2,16,18,20). The number of amides is 2. The Morgan fingerprint density at radius 3 is 2.75 bits per heavy atom. The summed E-state index contributed by atoms with van der Waals surface area (Å²) in [7, 11) is 0. The van der Waals surface area contributed by atoms with Gasteiger partial charge in [0, 0.05) is 19.3 Å². The summed E-state index contributed by atoms with van der Waals surface area (Å²) in [6.07, 6.45) is 3.25. The Bertz CT molecular complexity index is 421. The maximum atomic E-state index is 11.6. The molecule has 112 valence electrons. The van der Waals surface area contributed by atoms with Crippen LogP contribution in [0.25, 0.3) is 0 Å². The van der Waals surface area contributed by atoms with Crippen LogP contribution in [0.15, 0.2) is 18.3 Å². The van der Waals surface area contributed by atoms with E-state index in [1.807, 2.05) is 13.8 Å². The molecule has 1 rings (SSSR count). The molecule has 0 radical (unpaired) electrons. The molecule has 6 heteroatoms. The molecular weight excluding hydrogens is 278 g/mol. The number of urea groups is 1. The average Bonchev–Trinajstić information content (AvgIpc) is 2.43. The number of hydrogen-bond acceptors (Lipinski definition) is 3. The van der Waals surface area contributed by atoms with E-state index < -0.39 is 0 Å². The van der Waals surface area contributed by atoms with Crippen LogP contribution in [0.4, 0.5) is 4.79 Å². The fraction of sp³-hybridized carbons (Fsp3) is 0.571. The zero-order valence-electron chi connectivity index (χ0n) is 11.9. The molecule has 0 saturated heterocycles. The first-order valence-electron chi connectivity index (χ1n) is 6.66. The highest BCUT2D eigenvalue weighted by Crippen LogP contribution is 2.20. The zero-order valence-corrected chi connectivity index (χ0v) is 12.7. The van der Waals surface area contributed by atoms with Crippen molar-refractivity contribution in [1.82, 2.24) is 15.6 Å². The number of carbonyl (C=O) groups is 1. The summed E-state index contributed by atoms with van der Waals surface area (Å²) < 4.78 is 0. The summed E-state index contributed by atoms with van der Waals surface area (Å²) >= 11 is 5.73. The molecule has 0 aromatic carbocycles. The molecule has 2 amide bonds. The van der Waals surface area contributed by atoms with E-state index in [-0.39, 0.29) is 18.1 Å². The molecule has 20 heavy (non-hydrogen) atoms. The fourth-order valence-electron chi connectivity index (χ4n) is 1.59. The third-order valence-corrected chi connectivity index (χ3v) is 3.19. The molecule has 0 spiro atoms. The van der Waals surface area contributed by atoms with Gasteiger partial charge in [-0.15, -0.1) is 0 Å². The van der Waals surface area contributed by atoms with Crippen molar-refractivity contribution in [2.45, 2.75) is 33.2 Å². The van der Waals surface area contributed by atoms with Crippen molar-refractivity contribution in [3.8, 4) is 0 Å². The maximum Gasteiger partial charge on any atom is 0.315 e. The summed E-state index contributed by atoms with van der Waals surface area (Å²) in [6.45, 7) is 5.11. The molecular formula is C14H22ClN3O2. The predicted octanol–water partition coefficient (Wildman–Crippen LogP) is 2.33. The van der Waals surface area contributed by atoms with E-state index in [4.69, 9.17) is 16.7 Å². The van der Waals surface area contributed by atoms with Gasteiger partial charge in [-0.3, -0.25) is 4.98 Å². The second kappa shape index (κ2) is 8.07. The van der Waals surface area contributed by atoms with Gasteiger partial charge in [-0.05, 0) is 30.4 Å². The van der Waals surface area contributed by atoms with Crippen LogP contribution >= 0.6 is 11.6 Å². The van der Waals surface area contributed by atoms with Crippen molar-refractivity contribution in [3.05, 3.63) is 29.0 Å². The van der Waals surface area contributed by atoms with E-state index in [0.717, 1.165) is 18.5 Å². The lowest BCUT2D eigenvalue weighted by Gasteiger charge is -2.21. The zero-order chi connectivity index (χ0) is 15.0. The van der Waals surface area contributed by atoms with Crippen LogP contribution in [0.5, 0.6) is 0 Å². The third-order valence-electron chi connectivity index (χ3n) is 2.96. The number of halogens is 1. The van der Waals surface area contributed by atoms with Crippen molar-refractivity contribution in [2.24, 2.45) is 5.41 Å². The van der Waals surface area contributed by atoms with Crippen molar-refractivity contribution < 1.29 is 9.90 Å². The van der Waals surface area contributed by atoms with Gasteiger partial charge in [-0.2, -0.15) is 0 Å². The van der Waals surface area contributed by atoms with E-state index in [9.17, 15) is 4.79 Å².